The number of hydrogen-bond donors (Lipinski definition) is 0. The van der Waals surface area contributed by atoms with Crippen LogP contribution < -0.4 is 4.90 Å². The molecule has 9 heteroatoms. The Bertz CT molecular complexity index is 586. The van der Waals surface area contributed by atoms with E-state index in [-0.39, 0.29) is 16.7 Å². The summed E-state index contributed by atoms with van der Waals surface area (Å²) < 4.78 is 9.99. The lowest BCUT2D eigenvalue weighted by Crippen LogP contribution is -2.53. The minimum Gasteiger partial charge on any atom is -0.464 e. The Balaban J connectivity index is 2.04. The average molecular weight is 401 g/mol. The summed E-state index contributed by atoms with van der Waals surface area (Å²) in [4.78, 5) is 35.5. The lowest BCUT2D eigenvalue weighted by molar-refractivity contribution is 0.0593. The number of carbonyl (C=O) groups excluding carboxylic acids is 2. The van der Waals surface area contributed by atoms with Crippen molar-refractivity contribution in [2.75, 3.05) is 38.3 Å². The van der Waals surface area contributed by atoms with Crippen LogP contribution in [-0.2, 0) is 9.47 Å². The van der Waals surface area contributed by atoms with E-state index in [1.54, 1.807) is 4.90 Å². The molecule has 0 radical (unpaired) electrons. The number of esters is 1. The fraction of sp³-hybridized carbons (Fsp3) is 0.600. The van der Waals surface area contributed by atoms with Gasteiger partial charge in [-0.25, -0.2) is 19.6 Å². The molecular weight excluding hydrogens is 380 g/mol. The van der Waals surface area contributed by atoms with Crippen molar-refractivity contribution in [3.63, 3.8) is 0 Å². The molecule has 1 aromatic heterocycles. The van der Waals surface area contributed by atoms with Crippen LogP contribution in [-0.4, -0.2) is 65.2 Å². The van der Waals surface area contributed by atoms with E-state index in [1.807, 2.05) is 11.8 Å². The van der Waals surface area contributed by atoms with Crippen molar-refractivity contribution in [2.45, 2.75) is 24.7 Å². The Morgan fingerprint density at radius 2 is 2.08 bits per heavy atom. The zero-order chi connectivity index (χ0) is 17.5. The van der Waals surface area contributed by atoms with Crippen LogP contribution in [0, 0.1) is 0 Å². The highest BCUT2D eigenvalue weighted by molar-refractivity contribution is 9.09. The Kier molecular flexibility index (Phi) is 6.77. The van der Waals surface area contributed by atoms with Crippen molar-refractivity contribution in [3.8, 4) is 0 Å². The van der Waals surface area contributed by atoms with Crippen LogP contribution in [0.3, 0.4) is 0 Å². The van der Waals surface area contributed by atoms with Crippen molar-refractivity contribution < 1.29 is 19.1 Å². The number of aromatic nitrogens is 2. The van der Waals surface area contributed by atoms with Gasteiger partial charge in [-0.3, -0.25) is 0 Å². The first-order chi connectivity index (χ1) is 11.6. The Labute approximate surface area is 149 Å². The molecule has 2 heterocycles. The number of methoxy groups -OCH3 is 1. The van der Waals surface area contributed by atoms with Crippen molar-refractivity contribution >= 4 is 33.8 Å². The molecule has 0 aromatic carbocycles. The molecule has 8 nitrogen and oxygen atoms in total. The van der Waals surface area contributed by atoms with Crippen LogP contribution in [0.2, 0.25) is 0 Å². The number of piperazine rings is 1. The maximum absolute atomic E-state index is 12.0. The van der Waals surface area contributed by atoms with Gasteiger partial charge in [-0.2, -0.15) is 0 Å². The van der Waals surface area contributed by atoms with Crippen molar-refractivity contribution in [2.24, 2.45) is 0 Å². The zero-order valence-corrected chi connectivity index (χ0v) is 15.4. The van der Waals surface area contributed by atoms with Gasteiger partial charge in [0.25, 0.3) is 0 Å². The summed E-state index contributed by atoms with van der Waals surface area (Å²) in [6.07, 6.45) is 4.48. The van der Waals surface area contributed by atoms with Crippen LogP contribution in [0.15, 0.2) is 12.4 Å². The molecular formula is C15H21BrN4O4. The molecule has 0 aliphatic carbocycles. The summed E-state index contributed by atoms with van der Waals surface area (Å²) in [5.74, 6) is -0.107. The fourth-order valence-corrected chi connectivity index (χ4v) is 3.07. The second-order valence-corrected chi connectivity index (χ2v) is 6.32. The molecule has 1 aromatic rings. The number of rotatable bonds is 5. The van der Waals surface area contributed by atoms with E-state index in [4.69, 9.17) is 9.47 Å². The van der Waals surface area contributed by atoms with E-state index in [2.05, 4.69) is 25.9 Å². The van der Waals surface area contributed by atoms with Gasteiger partial charge in [0.2, 0.25) is 0 Å². The molecule has 1 saturated heterocycles. The highest BCUT2D eigenvalue weighted by atomic mass is 79.9. The molecule has 1 aliphatic heterocycles. The van der Waals surface area contributed by atoms with Gasteiger partial charge in [-0.15, -0.1) is 0 Å². The number of halogens is 1. The normalized spacial score (nSPS) is 17.5. The number of nitrogens with zero attached hydrogens (tertiary/aromatic N) is 4. The smallest absolute Gasteiger partial charge is 0.409 e. The van der Waals surface area contributed by atoms with Gasteiger partial charge in [-0.1, -0.05) is 29.3 Å². The van der Waals surface area contributed by atoms with Gasteiger partial charge in [-0.05, 0) is 6.42 Å². The van der Waals surface area contributed by atoms with Crippen LogP contribution in [0.4, 0.5) is 10.6 Å². The predicted octanol–water partition coefficient (Wildman–Crippen LogP) is 2.04. The first-order valence-electron chi connectivity index (χ1n) is 7.80. The molecule has 1 aliphatic rings. The number of unbranched alkanes of at least 4 members (excludes halogenated alkanes) is 1. The maximum Gasteiger partial charge on any atom is 0.409 e. The number of ether oxygens (including phenoxy) is 2. The molecule has 0 N–H and O–H groups in total. The molecule has 2 rings (SSSR count). The van der Waals surface area contributed by atoms with Gasteiger partial charge in [0.05, 0.1) is 20.3 Å². The third-order valence-electron chi connectivity index (χ3n) is 3.63. The van der Waals surface area contributed by atoms with E-state index in [1.165, 1.54) is 19.5 Å². The average Bonchev–Trinajstić information content (AvgIpc) is 2.61. The van der Waals surface area contributed by atoms with Gasteiger partial charge in [0, 0.05) is 25.5 Å². The van der Waals surface area contributed by atoms with Crippen LogP contribution >= 0.6 is 15.9 Å². The Hall–Kier alpha value is -1.90. The quantitative estimate of drug-likeness (QED) is 0.323. The third kappa shape index (κ3) is 4.34. The van der Waals surface area contributed by atoms with Gasteiger partial charge in [0.15, 0.2) is 11.5 Å². The van der Waals surface area contributed by atoms with Crippen LogP contribution in [0.25, 0.3) is 0 Å². The van der Waals surface area contributed by atoms with E-state index in [0.717, 1.165) is 12.8 Å². The number of alkyl halides is 1. The highest BCUT2D eigenvalue weighted by Gasteiger charge is 2.32. The first kappa shape index (κ1) is 18.4. The first-order valence-corrected chi connectivity index (χ1v) is 8.71. The Morgan fingerprint density at radius 1 is 1.33 bits per heavy atom. The second kappa shape index (κ2) is 8.81. The molecule has 132 valence electrons. The van der Waals surface area contributed by atoms with E-state index < -0.39 is 5.97 Å². The molecule has 1 unspecified atom stereocenters. The number of hydrogen-bond acceptors (Lipinski definition) is 7. The highest BCUT2D eigenvalue weighted by Crippen LogP contribution is 2.25. The van der Waals surface area contributed by atoms with Crippen LogP contribution in [0.1, 0.15) is 30.3 Å². The summed E-state index contributed by atoms with van der Waals surface area (Å²) in [5, 5.41) is 0. The largest absolute Gasteiger partial charge is 0.464 e. The zero-order valence-electron chi connectivity index (χ0n) is 13.8. The molecule has 1 fully saturated rings. The summed E-state index contributed by atoms with van der Waals surface area (Å²) in [6.45, 7) is 3.87. The lowest BCUT2D eigenvalue weighted by atomic mass is 10.3. The minimum absolute atomic E-state index is 0.156. The topological polar surface area (TPSA) is 84.9 Å². The SMILES string of the molecule is CCCCOC(=O)N1CCN(c2nccnc2C(=O)OC)C(Br)C1. The van der Waals surface area contributed by atoms with Gasteiger partial charge >= 0.3 is 12.1 Å². The molecule has 1 amide bonds. The van der Waals surface area contributed by atoms with E-state index in [0.29, 0.717) is 32.1 Å². The molecule has 0 bridgehead atoms. The standard InChI is InChI=1S/C15H21BrN4O4/c1-3-4-9-24-15(22)19-7-8-20(11(16)10-19)13-12(14(21)23-2)17-5-6-18-13/h5-6,11H,3-4,7-10H2,1-2H3. The summed E-state index contributed by atoms with van der Waals surface area (Å²) in [6, 6.07) is 0. The van der Waals surface area contributed by atoms with Crippen LogP contribution in [0.5, 0.6) is 0 Å². The molecule has 0 spiro atoms. The van der Waals surface area contributed by atoms with Crippen molar-refractivity contribution in [3.05, 3.63) is 18.1 Å². The summed E-state index contributed by atoms with van der Waals surface area (Å²) in [7, 11) is 1.30. The van der Waals surface area contributed by atoms with E-state index >= 15 is 0 Å². The molecule has 1 atom stereocenters. The van der Waals surface area contributed by atoms with Gasteiger partial charge in [0.1, 0.15) is 4.95 Å². The number of carbonyl (C=O) groups is 2. The molecule has 24 heavy (non-hydrogen) atoms. The second-order valence-electron chi connectivity index (χ2n) is 5.26. The number of anilines is 1. The maximum atomic E-state index is 12.0. The lowest BCUT2D eigenvalue weighted by Gasteiger charge is -2.39. The summed E-state index contributed by atoms with van der Waals surface area (Å²) >= 11 is 3.54. The minimum atomic E-state index is -0.542. The predicted molar refractivity (Wildman–Crippen MR) is 91.3 cm³/mol. The third-order valence-corrected chi connectivity index (χ3v) is 4.42. The monoisotopic (exact) mass is 400 g/mol. The molecule has 0 saturated carbocycles. The van der Waals surface area contributed by atoms with Crippen molar-refractivity contribution in [1.29, 1.82) is 0 Å². The fourth-order valence-electron chi connectivity index (χ4n) is 2.32. The number of amides is 1. The Morgan fingerprint density at radius 3 is 2.75 bits per heavy atom. The van der Waals surface area contributed by atoms with Gasteiger partial charge < -0.3 is 19.3 Å². The van der Waals surface area contributed by atoms with Crippen molar-refractivity contribution in [1.82, 2.24) is 14.9 Å². The summed E-state index contributed by atoms with van der Waals surface area (Å²) in [5.41, 5.74) is 0.156. The van der Waals surface area contributed by atoms with E-state index in [9.17, 15) is 9.59 Å².